The van der Waals surface area contributed by atoms with E-state index >= 15 is 0 Å². The van der Waals surface area contributed by atoms with E-state index in [0.29, 0.717) is 6.54 Å². The number of nitrogens with zero attached hydrogens (tertiary/aromatic N) is 3. The van der Waals surface area contributed by atoms with E-state index in [1.54, 1.807) is 6.26 Å². The first-order valence-corrected chi connectivity index (χ1v) is 9.78. The predicted molar refractivity (Wildman–Crippen MR) is 121 cm³/mol. The van der Waals surface area contributed by atoms with E-state index in [-0.39, 0.29) is 30.0 Å². The fourth-order valence-corrected chi connectivity index (χ4v) is 4.05. The van der Waals surface area contributed by atoms with Gasteiger partial charge >= 0.3 is 0 Å². The summed E-state index contributed by atoms with van der Waals surface area (Å²) in [6, 6.07) is 12.9. The molecule has 0 saturated carbocycles. The van der Waals surface area contributed by atoms with Crippen molar-refractivity contribution in [3.8, 4) is 0 Å². The molecule has 1 atom stereocenters. The number of fused-ring (bicyclic) bond motifs is 1. The topological polar surface area (TPSA) is 44.0 Å². The van der Waals surface area contributed by atoms with Crippen molar-refractivity contribution in [2.24, 2.45) is 4.99 Å². The van der Waals surface area contributed by atoms with Crippen LogP contribution in [0.2, 0.25) is 0 Å². The third-order valence-corrected chi connectivity index (χ3v) is 5.34. The standard InChI is InChI=1S/C21H28N4O.HI/c1-2-22-21(25-14-11-17-8-3-4-9-18(17)25)23-16-19(20-10-7-15-26-20)24-12-5-6-13-24;/h3-4,7-10,15,19H,2,5-6,11-14,16H2,1H3,(H,22,23);1H. The second-order valence-electron chi connectivity index (χ2n) is 7.00. The number of nitrogens with one attached hydrogen (secondary N) is 1. The van der Waals surface area contributed by atoms with Crippen molar-refractivity contribution in [3.63, 3.8) is 0 Å². The predicted octanol–water partition coefficient (Wildman–Crippen LogP) is 4.06. The molecule has 2 aliphatic heterocycles. The SMILES string of the molecule is CCNC(=NCC(c1ccco1)N1CCCC1)N1CCc2ccccc21.I. The van der Waals surface area contributed by atoms with E-state index < -0.39 is 0 Å². The average molecular weight is 480 g/mol. The maximum atomic E-state index is 5.74. The first-order chi connectivity index (χ1) is 12.9. The smallest absolute Gasteiger partial charge is 0.198 e. The molecule has 2 aromatic rings. The third-order valence-electron chi connectivity index (χ3n) is 5.34. The summed E-state index contributed by atoms with van der Waals surface area (Å²) in [6.07, 6.45) is 5.37. The molecule has 1 fully saturated rings. The minimum Gasteiger partial charge on any atom is -0.468 e. The molecule has 1 aromatic carbocycles. The number of rotatable bonds is 5. The Labute approximate surface area is 178 Å². The zero-order valence-corrected chi connectivity index (χ0v) is 18.3. The third kappa shape index (κ3) is 4.48. The summed E-state index contributed by atoms with van der Waals surface area (Å²) in [7, 11) is 0. The Bertz CT molecular complexity index is 740. The Hall–Kier alpha value is -1.54. The Morgan fingerprint density at radius 3 is 2.70 bits per heavy atom. The molecule has 1 saturated heterocycles. The van der Waals surface area contributed by atoms with Gasteiger partial charge in [0.05, 0.1) is 18.8 Å². The first kappa shape index (κ1) is 20.2. The van der Waals surface area contributed by atoms with Crippen LogP contribution in [0.15, 0.2) is 52.1 Å². The van der Waals surface area contributed by atoms with Gasteiger partial charge in [-0.05, 0) is 63.0 Å². The van der Waals surface area contributed by atoms with Gasteiger partial charge in [0.2, 0.25) is 0 Å². The summed E-state index contributed by atoms with van der Waals surface area (Å²) < 4.78 is 5.74. The van der Waals surface area contributed by atoms with Gasteiger partial charge in [0.1, 0.15) is 5.76 Å². The molecule has 3 heterocycles. The zero-order valence-electron chi connectivity index (χ0n) is 15.9. The van der Waals surface area contributed by atoms with Gasteiger partial charge in [-0.3, -0.25) is 9.89 Å². The largest absolute Gasteiger partial charge is 0.468 e. The highest BCUT2D eigenvalue weighted by atomic mass is 127. The fraction of sp³-hybridized carbons (Fsp3) is 0.476. The number of benzene rings is 1. The lowest BCUT2D eigenvalue weighted by Crippen LogP contribution is -2.41. The number of hydrogen-bond acceptors (Lipinski definition) is 3. The highest BCUT2D eigenvalue weighted by Gasteiger charge is 2.27. The molecule has 0 bridgehead atoms. The van der Waals surface area contributed by atoms with Gasteiger partial charge in [-0.2, -0.15) is 0 Å². The van der Waals surface area contributed by atoms with E-state index in [2.05, 4.69) is 52.4 Å². The molecule has 5 nitrogen and oxygen atoms in total. The number of para-hydroxylation sites is 1. The maximum absolute atomic E-state index is 5.74. The van der Waals surface area contributed by atoms with E-state index in [9.17, 15) is 0 Å². The molecule has 0 radical (unpaired) electrons. The van der Waals surface area contributed by atoms with Gasteiger partial charge in [0, 0.05) is 18.8 Å². The minimum absolute atomic E-state index is 0. The molecular weight excluding hydrogens is 451 g/mol. The Morgan fingerprint density at radius 2 is 1.96 bits per heavy atom. The molecule has 0 spiro atoms. The van der Waals surface area contributed by atoms with Crippen molar-refractivity contribution in [1.29, 1.82) is 0 Å². The average Bonchev–Trinajstić information content (AvgIpc) is 3.42. The van der Waals surface area contributed by atoms with Crippen molar-refractivity contribution in [1.82, 2.24) is 10.2 Å². The summed E-state index contributed by atoms with van der Waals surface area (Å²) in [5, 5.41) is 3.48. The highest BCUT2D eigenvalue weighted by molar-refractivity contribution is 14.0. The van der Waals surface area contributed by atoms with Gasteiger partial charge < -0.3 is 14.6 Å². The van der Waals surface area contributed by atoms with Gasteiger partial charge in [-0.15, -0.1) is 24.0 Å². The van der Waals surface area contributed by atoms with Crippen molar-refractivity contribution < 1.29 is 4.42 Å². The van der Waals surface area contributed by atoms with Gasteiger partial charge in [-0.25, -0.2) is 0 Å². The van der Waals surface area contributed by atoms with Crippen LogP contribution in [0.1, 0.15) is 37.1 Å². The molecule has 1 unspecified atom stereocenters. The maximum Gasteiger partial charge on any atom is 0.198 e. The molecule has 6 heteroatoms. The molecule has 27 heavy (non-hydrogen) atoms. The number of halogens is 1. The van der Waals surface area contributed by atoms with Crippen LogP contribution >= 0.6 is 24.0 Å². The fourth-order valence-electron chi connectivity index (χ4n) is 4.05. The lowest BCUT2D eigenvalue weighted by atomic mass is 10.2. The highest BCUT2D eigenvalue weighted by Crippen LogP contribution is 2.29. The van der Waals surface area contributed by atoms with Crippen molar-refractivity contribution >= 4 is 35.6 Å². The van der Waals surface area contributed by atoms with E-state index in [0.717, 1.165) is 44.3 Å². The second-order valence-corrected chi connectivity index (χ2v) is 7.00. The monoisotopic (exact) mass is 480 g/mol. The number of furan rings is 1. The summed E-state index contributed by atoms with van der Waals surface area (Å²) in [5.41, 5.74) is 2.68. The Kier molecular flexibility index (Phi) is 7.18. The molecule has 0 aliphatic carbocycles. The van der Waals surface area contributed by atoms with Crippen LogP contribution in [0.3, 0.4) is 0 Å². The van der Waals surface area contributed by atoms with E-state index in [1.165, 1.54) is 24.1 Å². The summed E-state index contributed by atoms with van der Waals surface area (Å²) in [5.74, 6) is 2.00. The van der Waals surface area contributed by atoms with Crippen LogP contribution in [-0.2, 0) is 6.42 Å². The number of hydrogen-bond donors (Lipinski definition) is 1. The van der Waals surface area contributed by atoms with E-state index in [4.69, 9.17) is 9.41 Å². The molecule has 4 rings (SSSR count). The molecule has 146 valence electrons. The second kappa shape index (κ2) is 9.59. The van der Waals surface area contributed by atoms with Gasteiger partial charge in [-0.1, -0.05) is 18.2 Å². The molecule has 2 aliphatic rings. The molecule has 1 aromatic heterocycles. The first-order valence-electron chi connectivity index (χ1n) is 9.78. The normalized spacial score (nSPS) is 18.3. The molecule has 1 N–H and O–H groups in total. The minimum atomic E-state index is 0. The van der Waals surface area contributed by atoms with E-state index in [1.807, 2.05) is 6.07 Å². The Morgan fingerprint density at radius 1 is 1.15 bits per heavy atom. The van der Waals surface area contributed by atoms with Crippen LogP contribution in [0.4, 0.5) is 5.69 Å². The van der Waals surface area contributed by atoms with Gasteiger partial charge in [0.15, 0.2) is 5.96 Å². The van der Waals surface area contributed by atoms with Crippen molar-refractivity contribution in [2.45, 2.75) is 32.2 Å². The summed E-state index contributed by atoms with van der Waals surface area (Å²) >= 11 is 0. The van der Waals surface area contributed by atoms with Crippen molar-refractivity contribution in [3.05, 3.63) is 54.0 Å². The number of guanidine groups is 1. The number of aliphatic imine (C=N–C) groups is 1. The molecular formula is C21H29IN4O. The van der Waals surface area contributed by atoms with Crippen LogP contribution in [0.25, 0.3) is 0 Å². The summed E-state index contributed by atoms with van der Waals surface area (Å²) in [4.78, 5) is 9.85. The van der Waals surface area contributed by atoms with Crippen LogP contribution in [0.5, 0.6) is 0 Å². The number of anilines is 1. The van der Waals surface area contributed by atoms with Crippen LogP contribution in [-0.4, -0.2) is 43.6 Å². The van der Waals surface area contributed by atoms with Crippen LogP contribution < -0.4 is 10.2 Å². The number of likely N-dealkylation sites (tertiary alicyclic amines) is 1. The van der Waals surface area contributed by atoms with Gasteiger partial charge in [0.25, 0.3) is 0 Å². The zero-order chi connectivity index (χ0) is 17.8. The van der Waals surface area contributed by atoms with Crippen molar-refractivity contribution in [2.75, 3.05) is 37.6 Å². The lowest BCUT2D eigenvalue weighted by Gasteiger charge is -2.26. The quantitative estimate of drug-likeness (QED) is 0.398. The lowest BCUT2D eigenvalue weighted by molar-refractivity contribution is 0.221. The summed E-state index contributed by atoms with van der Waals surface area (Å²) in [6.45, 7) is 6.96. The van der Waals surface area contributed by atoms with Crippen LogP contribution in [0, 0.1) is 0 Å². The molecule has 0 amide bonds. The Balaban J connectivity index is 0.00000210.